The third kappa shape index (κ3) is 2.53. The fourth-order valence-electron chi connectivity index (χ4n) is 3.03. The Kier molecular flexibility index (Phi) is 3.96. The molecule has 0 unspecified atom stereocenters. The van der Waals surface area contributed by atoms with E-state index in [9.17, 15) is 14.7 Å². The van der Waals surface area contributed by atoms with E-state index in [0.29, 0.717) is 42.8 Å². The maximum atomic E-state index is 12.9. The van der Waals surface area contributed by atoms with Crippen LogP contribution in [0.3, 0.4) is 0 Å². The number of carboxylic acid groups (broad SMARTS) is 1. The minimum Gasteiger partial charge on any atom is -0.497 e. The lowest BCUT2D eigenvalue weighted by molar-refractivity contribution is 0.0667. The van der Waals surface area contributed by atoms with Crippen LogP contribution in [0.4, 0.5) is 0 Å². The first-order chi connectivity index (χ1) is 11.0. The molecule has 0 radical (unpaired) electrons. The third-order valence-corrected chi connectivity index (χ3v) is 4.23. The summed E-state index contributed by atoms with van der Waals surface area (Å²) in [7, 11) is 3.26. The lowest BCUT2D eigenvalue weighted by Gasteiger charge is -2.27. The maximum absolute atomic E-state index is 12.9. The molecule has 1 fully saturated rings. The summed E-state index contributed by atoms with van der Waals surface area (Å²) < 4.78 is 6.84. The summed E-state index contributed by atoms with van der Waals surface area (Å²) in [5, 5.41) is 13.3. The lowest BCUT2D eigenvalue weighted by atomic mass is 10.1. The number of ether oxygens (including phenoxy) is 1. The fraction of sp³-hybridized carbons (Fsp3) is 0.375. The number of amides is 1. The van der Waals surface area contributed by atoms with Gasteiger partial charge in [0.1, 0.15) is 11.4 Å². The van der Waals surface area contributed by atoms with Gasteiger partial charge in [0.25, 0.3) is 5.91 Å². The molecule has 0 spiro atoms. The monoisotopic (exact) mass is 317 g/mol. The minimum atomic E-state index is -1.10. The number of carbonyl (C=O) groups is 2. The number of aromatic carboxylic acids is 1. The number of carboxylic acids is 1. The van der Waals surface area contributed by atoms with E-state index in [2.05, 4.69) is 5.32 Å². The van der Waals surface area contributed by atoms with Gasteiger partial charge in [0.2, 0.25) is 0 Å². The Morgan fingerprint density at radius 1 is 1.26 bits per heavy atom. The van der Waals surface area contributed by atoms with Crippen molar-refractivity contribution in [2.45, 2.75) is 0 Å². The number of hydrogen-bond acceptors (Lipinski definition) is 4. The summed E-state index contributed by atoms with van der Waals surface area (Å²) in [4.78, 5) is 26.3. The first kappa shape index (κ1) is 15.4. The molecule has 0 atom stereocenters. The number of piperazine rings is 1. The number of hydrogen-bond donors (Lipinski definition) is 2. The second-order valence-electron chi connectivity index (χ2n) is 5.51. The lowest BCUT2D eigenvalue weighted by Crippen LogP contribution is -2.47. The van der Waals surface area contributed by atoms with E-state index >= 15 is 0 Å². The van der Waals surface area contributed by atoms with E-state index in [4.69, 9.17) is 4.74 Å². The van der Waals surface area contributed by atoms with Crippen molar-refractivity contribution in [3.05, 3.63) is 29.5 Å². The zero-order valence-corrected chi connectivity index (χ0v) is 13.1. The summed E-state index contributed by atoms with van der Waals surface area (Å²) in [6.07, 6.45) is 0. The predicted molar refractivity (Wildman–Crippen MR) is 85.2 cm³/mol. The summed E-state index contributed by atoms with van der Waals surface area (Å²) >= 11 is 0. The van der Waals surface area contributed by atoms with Crippen LogP contribution >= 0.6 is 0 Å². The Balaban J connectivity index is 2.18. The number of aryl methyl sites for hydroxylation is 1. The van der Waals surface area contributed by atoms with Crippen molar-refractivity contribution < 1.29 is 19.4 Å². The van der Waals surface area contributed by atoms with Crippen molar-refractivity contribution in [2.75, 3.05) is 33.3 Å². The standard InChI is InChI=1S/C16H19N3O4/c1-18-12-9-10(23-2)3-4-11(12)13(16(21)22)14(18)15(20)19-7-5-17-6-8-19/h3-4,9,17H,5-8H2,1-2H3,(H,21,22). The normalized spacial score (nSPS) is 15.0. The number of methoxy groups -OCH3 is 1. The zero-order chi connectivity index (χ0) is 16.6. The van der Waals surface area contributed by atoms with Crippen molar-refractivity contribution in [2.24, 2.45) is 7.05 Å². The highest BCUT2D eigenvalue weighted by atomic mass is 16.5. The Morgan fingerprint density at radius 3 is 2.57 bits per heavy atom. The van der Waals surface area contributed by atoms with Gasteiger partial charge in [-0.15, -0.1) is 0 Å². The van der Waals surface area contributed by atoms with Gasteiger partial charge in [-0.1, -0.05) is 0 Å². The highest BCUT2D eigenvalue weighted by molar-refractivity contribution is 6.13. The molecular formula is C16H19N3O4. The largest absolute Gasteiger partial charge is 0.497 e. The van der Waals surface area contributed by atoms with Crippen LogP contribution < -0.4 is 10.1 Å². The first-order valence-electron chi connectivity index (χ1n) is 7.44. The molecule has 3 rings (SSSR count). The number of benzene rings is 1. The first-order valence-corrected chi connectivity index (χ1v) is 7.44. The van der Waals surface area contributed by atoms with Crippen molar-refractivity contribution in [1.82, 2.24) is 14.8 Å². The number of fused-ring (bicyclic) bond motifs is 1. The predicted octanol–water partition coefficient (Wildman–Crippen LogP) is 0.930. The highest BCUT2D eigenvalue weighted by Crippen LogP contribution is 2.29. The molecule has 7 heteroatoms. The average molecular weight is 317 g/mol. The van der Waals surface area contributed by atoms with E-state index in [1.165, 1.54) is 0 Å². The molecule has 0 saturated carbocycles. The molecule has 1 amide bonds. The molecule has 0 bridgehead atoms. The number of nitrogens with one attached hydrogen (secondary N) is 1. The van der Waals surface area contributed by atoms with E-state index in [-0.39, 0.29) is 17.2 Å². The van der Waals surface area contributed by atoms with Crippen LogP contribution in [-0.4, -0.2) is 59.7 Å². The fourth-order valence-corrected chi connectivity index (χ4v) is 3.03. The van der Waals surface area contributed by atoms with Crippen LogP contribution in [0.1, 0.15) is 20.8 Å². The third-order valence-electron chi connectivity index (χ3n) is 4.23. The highest BCUT2D eigenvalue weighted by Gasteiger charge is 2.29. The Morgan fingerprint density at radius 2 is 1.96 bits per heavy atom. The van der Waals surface area contributed by atoms with Gasteiger partial charge in [0, 0.05) is 44.7 Å². The van der Waals surface area contributed by atoms with E-state index < -0.39 is 5.97 Å². The molecule has 2 aromatic rings. The maximum Gasteiger partial charge on any atom is 0.338 e. The minimum absolute atomic E-state index is 0.0497. The number of rotatable bonds is 3. The quantitative estimate of drug-likeness (QED) is 0.880. The molecular weight excluding hydrogens is 298 g/mol. The van der Waals surface area contributed by atoms with Gasteiger partial charge in [-0.25, -0.2) is 4.79 Å². The van der Waals surface area contributed by atoms with E-state index in [1.54, 1.807) is 41.8 Å². The molecule has 1 aliphatic rings. The number of carbonyl (C=O) groups excluding carboxylic acids is 1. The van der Waals surface area contributed by atoms with Gasteiger partial charge in [0.15, 0.2) is 0 Å². The van der Waals surface area contributed by atoms with Crippen LogP contribution in [0, 0.1) is 0 Å². The molecule has 23 heavy (non-hydrogen) atoms. The summed E-state index contributed by atoms with van der Waals surface area (Å²) in [6, 6.07) is 5.14. The molecule has 122 valence electrons. The molecule has 1 saturated heterocycles. The second kappa shape index (κ2) is 5.92. The molecule has 0 aliphatic carbocycles. The second-order valence-corrected chi connectivity index (χ2v) is 5.51. The van der Waals surface area contributed by atoms with Gasteiger partial charge >= 0.3 is 5.97 Å². The topological polar surface area (TPSA) is 83.8 Å². The van der Waals surface area contributed by atoms with Crippen molar-refractivity contribution in [3.8, 4) is 5.75 Å². The Hall–Kier alpha value is -2.54. The molecule has 2 N–H and O–H groups in total. The average Bonchev–Trinajstić information content (AvgIpc) is 2.87. The van der Waals surface area contributed by atoms with E-state index in [1.807, 2.05) is 0 Å². The van der Waals surface area contributed by atoms with E-state index in [0.717, 1.165) is 0 Å². The zero-order valence-electron chi connectivity index (χ0n) is 13.1. The van der Waals surface area contributed by atoms with Gasteiger partial charge in [0.05, 0.1) is 18.2 Å². The van der Waals surface area contributed by atoms with Crippen molar-refractivity contribution >= 4 is 22.8 Å². The SMILES string of the molecule is COc1ccc2c(C(=O)O)c(C(=O)N3CCNCC3)n(C)c2c1. The van der Waals surface area contributed by atoms with Gasteiger partial charge in [-0.05, 0) is 12.1 Å². The number of aromatic nitrogens is 1. The smallest absolute Gasteiger partial charge is 0.338 e. The van der Waals surface area contributed by atoms with Gasteiger partial charge in [-0.2, -0.15) is 0 Å². The molecule has 7 nitrogen and oxygen atoms in total. The summed E-state index contributed by atoms with van der Waals surface area (Å²) in [5.74, 6) is -0.725. The van der Waals surface area contributed by atoms with Crippen LogP contribution in [0.15, 0.2) is 18.2 Å². The molecule has 2 heterocycles. The van der Waals surface area contributed by atoms with Crippen LogP contribution in [-0.2, 0) is 7.05 Å². The number of nitrogens with zero attached hydrogens (tertiary/aromatic N) is 2. The van der Waals surface area contributed by atoms with Crippen molar-refractivity contribution in [3.63, 3.8) is 0 Å². The Labute approximate surface area is 133 Å². The van der Waals surface area contributed by atoms with Crippen molar-refractivity contribution in [1.29, 1.82) is 0 Å². The van der Waals surface area contributed by atoms with Gasteiger partial charge in [-0.3, -0.25) is 4.79 Å². The van der Waals surface area contributed by atoms with Crippen LogP contribution in [0.2, 0.25) is 0 Å². The summed E-state index contributed by atoms with van der Waals surface area (Å²) in [6.45, 7) is 2.57. The Bertz CT molecular complexity index is 775. The molecule has 1 aromatic carbocycles. The van der Waals surface area contributed by atoms with Crippen LogP contribution in [0.25, 0.3) is 10.9 Å². The van der Waals surface area contributed by atoms with Crippen LogP contribution in [0.5, 0.6) is 5.75 Å². The van der Waals surface area contributed by atoms with Gasteiger partial charge < -0.3 is 24.6 Å². The summed E-state index contributed by atoms with van der Waals surface area (Å²) in [5.41, 5.74) is 0.927. The molecule has 1 aliphatic heterocycles. The molecule has 1 aromatic heterocycles.